The van der Waals surface area contributed by atoms with Gasteiger partial charge in [0.2, 0.25) is 0 Å². The van der Waals surface area contributed by atoms with Crippen LogP contribution in [0.4, 0.5) is 0 Å². The molecule has 1 unspecified atom stereocenters. The summed E-state index contributed by atoms with van der Waals surface area (Å²) in [6.07, 6.45) is 1.37. The minimum Gasteiger partial charge on any atom is -0.489 e. The van der Waals surface area contributed by atoms with E-state index in [4.69, 9.17) is 9.29 Å². The Balaban J connectivity index is 1.98. The van der Waals surface area contributed by atoms with E-state index in [0.717, 1.165) is 24.2 Å². The van der Waals surface area contributed by atoms with E-state index in [1.165, 1.54) is 0 Å². The number of nitrogens with one attached hydrogen (secondary N) is 1. The molecule has 1 heterocycles. The van der Waals surface area contributed by atoms with Gasteiger partial charge in [0.1, 0.15) is 11.9 Å². The number of benzene rings is 1. The molecule has 88 valence electrons. The molecule has 1 aliphatic rings. The molecule has 1 atom stereocenters. The van der Waals surface area contributed by atoms with Gasteiger partial charge in [-0.05, 0) is 24.5 Å². The minimum absolute atomic E-state index is 0.0904. The maximum Gasteiger partial charge on any atom is 0.333 e. The van der Waals surface area contributed by atoms with Gasteiger partial charge in [0.25, 0.3) is 0 Å². The van der Waals surface area contributed by atoms with Crippen molar-refractivity contribution in [2.75, 3.05) is 6.54 Å². The Bertz CT molecular complexity index is 471. The van der Waals surface area contributed by atoms with Gasteiger partial charge in [-0.3, -0.25) is 4.55 Å². The van der Waals surface area contributed by atoms with E-state index in [1.54, 1.807) is 0 Å². The summed E-state index contributed by atoms with van der Waals surface area (Å²) < 4.78 is 37.2. The fourth-order valence-corrected chi connectivity index (χ4v) is 2.12. The molecule has 1 aliphatic heterocycles. The van der Waals surface area contributed by atoms with Crippen LogP contribution in [0.3, 0.4) is 0 Å². The van der Waals surface area contributed by atoms with Crippen molar-refractivity contribution in [1.82, 2.24) is 4.72 Å². The third-order valence-corrected chi connectivity index (χ3v) is 3.03. The zero-order valence-corrected chi connectivity index (χ0v) is 9.40. The average molecular weight is 243 g/mol. The largest absolute Gasteiger partial charge is 0.489 e. The summed E-state index contributed by atoms with van der Waals surface area (Å²) in [6.45, 7) is 0.0904. The first-order chi connectivity index (χ1) is 7.54. The molecule has 0 spiro atoms. The van der Waals surface area contributed by atoms with Gasteiger partial charge in [-0.25, -0.2) is 0 Å². The second-order valence-corrected chi connectivity index (χ2v) is 4.95. The molecule has 6 heteroatoms. The normalized spacial score (nSPS) is 19.9. The molecule has 1 aromatic rings. The molecule has 0 bridgehead atoms. The van der Waals surface area contributed by atoms with E-state index in [9.17, 15) is 8.42 Å². The van der Waals surface area contributed by atoms with Gasteiger partial charge in [0, 0.05) is 6.54 Å². The zero-order chi connectivity index (χ0) is 11.6. The number of fused-ring (bicyclic) bond motifs is 1. The van der Waals surface area contributed by atoms with E-state index in [-0.39, 0.29) is 12.6 Å². The summed E-state index contributed by atoms with van der Waals surface area (Å²) in [4.78, 5) is 0. The Labute approximate surface area is 94.3 Å². The molecule has 0 saturated heterocycles. The highest BCUT2D eigenvalue weighted by atomic mass is 32.2. The Hall–Kier alpha value is -1.11. The van der Waals surface area contributed by atoms with Crippen molar-refractivity contribution >= 4 is 10.3 Å². The number of hydrogen-bond donors (Lipinski definition) is 2. The second kappa shape index (κ2) is 4.40. The summed E-state index contributed by atoms with van der Waals surface area (Å²) >= 11 is 0. The SMILES string of the molecule is O=S(=O)(O)NCC1CCc2ccccc2O1. The highest BCUT2D eigenvalue weighted by Crippen LogP contribution is 2.26. The summed E-state index contributed by atoms with van der Waals surface area (Å²) in [6, 6.07) is 7.66. The molecule has 1 aromatic carbocycles. The van der Waals surface area contributed by atoms with Crippen LogP contribution in [0.1, 0.15) is 12.0 Å². The van der Waals surface area contributed by atoms with Crippen molar-refractivity contribution in [3.05, 3.63) is 29.8 Å². The minimum atomic E-state index is -4.13. The van der Waals surface area contributed by atoms with E-state index in [2.05, 4.69) is 0 Å². The molecule has 0 aromatic heterocycles. The molecule has 0 aliphatic carbocycles. The summed E-state index contributed by atoms with van der Waals surface area (Å²) in [5.74, 6) is 0.788. The van der Waals surface area contributed by atoms with Crippen LogP contribution in [0.5, 0.6) is 5.75 Å². The Kier molecular flexibility index (Phi) is 3.13. The van der Waals surface area contributed by atoms with Gasteiger partial charge in [0.05, 0.1) is 0 Å². The first-order valence-electron chi connectivity index (χ1n) is 5.01. The standard InChI is InChI=1S/C10H13NO4S/c12-16(13,14)11-7-9-6-5-8-3-1-2-4-10(8)15-9/h1-4,9,11H,5-7H2,(H,12,13,14). The van der Waals surface area contributed by atoms with Crippen LogP contribution >= 0.6 is 0 Å². The van der Waals surface area contributed by atoms with Crippen LogP contribution < -0.4 is 9.46 Å². The van der Waals surface area contributed by atoms with Gasteiger partial charge in [-0.15, -0.1) is 0 Å². The van der Waals surface area contributed by atoms with Crippen molar-refractivity contribution in [2.24, 2.45) is 0 Å². The predicted molar refractivity (Wildman–Crippen MR) is 58.7 cm³/mol. The lowest BCUT2D eigenvalue weighted by atomic mass is 10.0. The lowest BCUT2D eigenvalue weighted by Crippen LogP contribution is -2.36. The Morgan fingerprint density at radius 2 is 2.19 bits per heavy atom. The van der Waals surface area contributed by atoms with E-state index < -0.39 is 10.3 Å². The van der Waals surface area contributed by atoms with Crippen molar-refractivity contribution in [2.45, 2.75) is 18.9 Å². The number of hydrogen-bond acceptors (Lipinski definition) is 3. The summed E-state index contributed by atoms with van der Waals surface area (Å²) in [5, 5.41) is 0. The van der Waals surface area contributed by atoms with Crippen LogP contribution in [0.25, 0.3) is 0 Å². The molecule has 16 heavy (non-hydrogen) atoms. The quantitative estimate of drug-likeness (QED) is 0.769. The topological polar surface area (TPSA) is 75.6 Å². The number of para-hydroxylation sites is 1. The first kappa shape index (κ1) is 11.4. The molecule has 0 radical (unpaired) electrons. The first-order valence-corrected chi connectivity index (χ1v) is 6.45. The molecule has 0 fully saturated rings. The molecular weight excluding hydrogens is 230 g/mol. The Morgan fingerprint density at radius 1 is 1.44 bits per heavy atom. The lowest BCUT2D eigenvalue weighted by Gasteiger charge is -2.25. The highest BCUT2D eigenvalue weighted by Gasteiger charge is 2.20. The van der Waals surface area contributed by atoms with E-state index >= 15 is 0 Å². The van der Waals surface area contributed by atoms with E-state index in [0.29, 0.717) is 0 Å². The van der Waals surface area contributed by atoms with E-state index in [1.807, 2.05) is 29.0 Å². The van der Waals surface area contributed by atoms with Gasteiger partial charge in [0.15, 0.2) is 0 Å². The maximum absolute atomic E-state index is 10.5. The third-order valence-electron chi connectivity index (χ3n) is 2.50. The van der Waals surface area contributed by atoms with Gasteiger partial charge < -0.3 is 4.74 Å². The fourth-order valence-electron chi connectivity index (χ4n) is 1.72. The van der Waals surface area contributed by atoms with Crippen LogP contribution in [0.2, 0.25) is 0 Å². The van der Waals surface area contributed by atoms with Crippen LogP contribution in [-0.4, -0.2) is 25.6 Å². The molecule has 2 N–H and O–H groups in total. The van der Waals surface area contributed by atoms with Gasteiger partial charge in [-0.1, -0.05) is 18.2 Å². The number of ether oxygens (including phenoxy) is 1. The van der Waals surface area contributed by atoms with Crippen molar-refractivity contribution in [3.8, 4) is 5.75 Å². The number of rotatable bonds is 3. The van der Waals surface area contributed by atoms with Gasteiger partial charge >= 0.3 is 10.3 Å². The predicted octanol–water partition coefficient (Wildman–Crippen LogP) is 0.773. The lowest BCUT2D eigenvalue weighted by molar-refractivity contribution is 0.176. The Morgan fingerprint density at radius 3 is 2.94 bits per heavy atom. The van der Waals surface area contributed by atoms with Crippen LogP contribution in [0, 0.1) is 0 Å². The molecule has 5 nitrogen and oxygen atoms in total. The average Bonchev–Trinajstić information content (AvgIpc) is 2.25. The molecule has 0 saturated carbocycles. The monoisotopic (exact) mass is 243 g/mol. The second-order valence-electron chi connectivity index (χ2n) is 3.71. The summed E-state index contributed by atoms with van der Waals surface area (Å²) in [7, 11) is -4.13. The third kappa shape index (κ3) is 2.94. The zero-order valence-electron chi connectivity index (χ0n) is 8.59. The molecular formula is C10H13NO4S. The van der Waals surface area contributed by atoms with Crippen LogP contribution in [0.15, 0.2) is 24.3 Å². The van der Waals surface area contributed by atoms with Crippen molar-refractivity contribution in [1.29, 1.82) is 0 Å². The van der Waals surface area contributed by atoms with Crippen LogP contribution in [-0.2, 0) is 16.7 Å². The maximum atomic E-state index is 10.5. The van der Waals surface area contributed by atoms with Crippen molar-refractivity contribution < 1.29 is 17.7 Å². The molecule has 2 rings (SSSR count). The smallest absolute Gasteiger partial charge is 0.333 e. The van der Waals surface area contributed by atoms with Gasteiger partial charge in [-0.2, -0.15) is 13.1 Å². The highest BCUT2D eigenvalue weighted by molar-refractivity contribution is 7.83. The fraction of sp³-hybridized carbons (Fsp3) is 0.400. The van der Waals surface area contributed by atoms with Crippen molar-refractivity contribution in [3.63, 3.8) is 0 Å². The number of aryl methyl sites for hydroxylation is 1. The molecule has 0 amide bonds. The summed E-state index contributed by atoms with van der Waals surface area (Å²) in [5.41, 5.74) is 1.13.